The lowest BCUT2D eigenvalue weighted by Gasteiger charge is -2.14. The van der Waals surface area contributed by atoms with E-state index in [1.807, 2.05) is 17.7 Å². The number of imidazole rings is 1. The van der Waals surface area contributed by atoms with Gasteiger partial charge in [0.25, 0.3) is 0 Å². The van der Waals surface area contributed by atoms with E-state index < -0.39 is 0 Å². The normalized spacial score (nSPS) is 13.4. The van der Waals surface area contributed by atoms with Crippen molar-refractivity contribution in [3.05, 3.63) is 59.9 Å². The van der Waals surface area contributed by atoms with Crippen LogP contribution in [-0.4, -0.2) is 27.5 Å². The minimum Gasteiger partial charge on any atom is -0.454 e. The molecule has 0 radical (unpaired) electrons. The van der Waals surface area contributed by atoms with E-state index in [1.54, 1.807) is 24.4 Å². The molecule has 2 aromatic carbocycles. The molecule has 4 rings (SSSR count). The lowest BCUT2D eigenvalue weighted by molar-refractivity contribution is -0.115. The van der Waals surface area contributed by atoms with Gasteiger partial charge in [-0.1, -0.05) is 17.8 Å². The van der Waals surface area contributed by atoms with Gasteiger partial charge in [0, 0.05) is 29.8 Å². The predicted molar refractivity (Wildman–Crippen MR) is 110 cm³/mol. The van der Waals surface area contributed by atoms with Crippen molar-refractivity contribution in [1.29, 1.82) is 0 Å². The Balaban J connectivity index is 1.46. The average Bonchev–Trinajstić information content (AvgIpc) is 3.32. The molecule has 0 aliphatic carbocycles. The van der Waals surface area contributed by atoms with E-state index in [1.165, 1.54) is 22.9 Å². The fraction of sp³-hybridized carbons (Fsp3) is 0.238. The second kappa shape index (κ2) is 7.59. The molecule has 1 aliphatic heterocycles. The summed E-state index contributed by atoms with van der Waals surface area (Å²) in [6.07, 6.45) is 3.66. The number of nitrogens with zero attached hydrogens (tertiary/aromatic N) is 2. The lowest BCUT2D eigenvalue weighted by atomic mass is 10.1. The molecule has 1 aromatic heterocycles. The van der Waals surface area contributed by atoms with Crippen LogP contribution in [0.2, 0.25) is 0 Å². The van der Waals surface area contributed by atoms with Crippen LogP contribution < -0.4 is 14.8 Å². The van der Waals surface area contributed by atoms with Gasteiger partial charge in [0.05, 0.1) is 5.25 Å². The van der Waals surface area contributed by atoms with Gasteiger partial charge in [-0.05, 0) is 56.2 Å². The molecular formula is C21H21N3O3S. The van der Waals surface area contributed by atoms with Crippen molar-refractivity contribution in [2.45, 2.75) is 31.2 Å². The molecule has 0 saturated heterocycles. The van der Waals surface area contributed by atoms with Crippen LogP contribution in [0.5, 0.6) is 11.5 Å². The number of hydrogen-bond acceptors (Lipinski definition) is 5. The van der Waals surface area contributed by atoms with Gasteiger partial charge in [-0.15, -0.1) is 0 Å². The summed E-state index contributed by atoms with van der Waals surface area (Å²) in [5, 5.41) is 3.38. The highest BCUT2D eigenvalue weighted by Crippen LogP contribution is 2.34. The number of carbonyl (C=O) groups is 1. The van der Waals surface area contributed by atoms with Crippen molar-refractivity contribution in [2.75, 3.05) is 12.1 Å². The average molecular weight is 395 g/mol. The monoisotopic (exact) mass is 395 g/mol. The van der Waals surface area contributed by atoms with Crippen LogP contribution in [0, 0.1) is 13.8 Å². The minimum absolute atomic E-state index is 0.0986. The van der Waals surface area contributed by atoms with Gasteiger partial charge in [-0.25, -0.2) is 4.98 Å². The Bertz CT molecular complexity index is 1030. The summed E-state index contributed by atoms with van der Waals surface area (Å²) in [6, 6.07) is 11.6. The van der Waals surface area contributed by atoms with Crippen LogP contribution in [0.4, 0.5) is 5.69 Å². The summed E-state index contributed by atoms with van der Waals surface area (Å²) in [7, 11) is 0. The number of ether oxygens (including phenoxy) is 2. The van der Waals surface area contributed by atoms with Crippen molar-refractivity contribution in [1.82, 2.24) is 9.55 Å². The Morgan fingerprint density at radius 3 is 2.79 bits per heavy atom. The van der Waals surface area contributed by atoms with Crippen molar-refractivity contribution >= 4 is 23.4 Å². The fourth-order valence-electron chi connectivity index (χ4n) is 2.88. The maximum atomic E-state index is 12.6. The van der Waals surface area contributed by atoms with Gasteiger partial charge in [-0.3, -0.25) is 9.36 Å². The standard InChI is InChI=1S/C21H21N3O3S/c1-13-4-6-17(10-14(13)2)24-9-8-22-21(24)28-15(3)20(25)23-16-5-7-18-19(11-16)27-12-26-18/h4-11,15H,12H2,1-3H3,(H,23,25). The molecule has 1 amide bonds. The van der Waals surface area contributed by atoms with E-state index in [-0.39, 0.29) is 18.0 Å². The molecule has 0 fully saturated rings. The lowest BCUT2D eigenvalue weighted by Crippen LogP contribution is -2.22. The molecule has 6 nitrogen and oxygen atoms in total. The Morgan fingerprint density at radius 1 is 1.14 bits per heavy atom. The highest BCUT2D eigenvalue weighted by Gasteiger charge is 2.20. The number of nitrogens with one attached hydrogen (secondary N) is 1. The van der Waals surface area contributed by atoms with Crippen LogP contribution in [0.15, 0.2) is 53.9 Å². The van der Waals surface area contributed by atoms with Gasteiger partial charge in [-0.2, -0.15) is 0 Å². The second-order valence-corrected chi connectivity index (χ2v) is 7.97. The third-order valence-electron chi connectivity index (χ3n) is 4.67. The molecule has 0 saturated carbocycles. The number of thioether (sulfide) groups is 1. The number of carbonyl (C=O) groups excluding carboxylic acids is 1. The quantitative estimate of drug-likeness (QED) is 0.651. The minimum atomic E-state index is -0.321. The Hall–Kier alpha value is -2.93. The smallest absolute Gasteiger partial charge is 0.237 e. The first-order valence-corrected chi connectivity index (χ1v) is 9.87. The third kappa shape index (κ3) is 3.71. The topological polar surface area (TPSA) is 65.4 Å². The third-order valence-corrected chi connectivity index (χ3v) is 5.75. The Kier molecular flexibility index (Phi) is 5.00. The molecule has 1 atom stereocenters. The molecular weight excluding hydrogens is 374 g/mol. The highest BCUT2D eigenvalue weighted by atomic mass is 32.2. The number of hydrogen-bond donors (Lipinski definition) is 1. The SMILES string of the molecule is Cc1ccc(-n2ccnc2SC(C)C(=O)Nc2ccc3c(c2)OCO3)cc1C. The summed E-state index contributed by atoms with van der Waals surface area (Å²) in [5.41, 5.74) is 4.18. The summed E-state index contributed by atoms with van der Waals surface area (Å²) in [5.74, 6) is 1.23. The van der Waals surface area contributed by atoms with Crippen molar-refractivity contribution in [2.24, 2.45) is 0 Å². The van der Waals surface area contributed by atoms with E-state index in [0.29, 0.717) is 17.2 Å². The molecule has 1 N–H and O–H groups in total. The first kappa shape index (κ1) is 18.4. The van der Waals surface area contributed by atoms with Crippen molar-refractivity contribution in [3.63, 3.8) is 0 Å². The molecule has 0 bridgehead atoms. The molecule has 1 aliphatic rings. The van der Waals surface area contributed by atoms with Gasteiger partial charge in [0.2, 0.25) is 12.7 Å². The maximum Gasteiger partial charge on any atom is 0.237 e. The van der Waals surface area contributed by atoms with Crippen LogP contribution in [0.25, 0.3) is 5.69 Å². The molecule has 144 valence electrons. The van der Waals surface area contributed by atoms with E-state index in [2.05, 4.69) is 42.3 Å². The number of fused-ring (bicyclic) bond motifs is 1. The molecule has 0 spiro atoms. The zero-order chi connectivity index (χ0) is 19.7. The number of rotatable bonds is 5. The number of aromatic nitrogens is 2. The van der Waals surface area contributed by atoms with E-state index >= 15 is 0 Å². The molecule has 28 heavy (non-hydrogen) atoms. The first-order chi connectivity index (χ1) is 13.5. The fourth-order valence-corrected chi connectivity index (χ4v) is 3.76. The molecule has 1 unspecified atom stereocenters. The van der Waals surface area contributed by atoms with Crippen molar-refractivity contribution in [3.8, 4) is 17.2 Å². The Labute approximate surface area is 167 Å². The zero-order valence-electron chi connectivity index (χ0n) is 15.9. The number of amides is 1. The molecule has 3 aromatic rings. The van der Waals surface area contributed by atoms with E-state index in [4.69, 9.17) is 9.47 Å². The number of benzene rings is 2. The molecule has 7 heteroatoms. The van der Waals surface area contributed by atoms with Crippen LogP contribution in [0.1, 0.15) is 18.1 Å². The second-order valence-electron chi connectivity index (χ2n) is 6.67. The largest absolute Gasteiger partial charge is 0.454 e. The summed E-state index contributed by atoms with van der Waals surface area (Å²) in [6.45, 7) is 6.25. The Morgan fingerprint density at radius 2 is 1.96 bits per heavy atom. The summed E-state index contributed by atoms with van der Waals surface area (Å²) >= 11 is 1.42. The highest BCUT2D eigenvalue weighted by molar-refractivity contribution is 8.00. The van der Waals surface area contributed by atoms with Gasteiger partial charge < -0.3 is 14.8 Å². The number of aryl methyl sites for hydroxylation is 2. The maximum absolute atomic E-state index is 12.6. The van der Waals surface area contributed by atoms with Gasteiger partial charge in [0.1, 0.15) is 0 Å². The van der Waals surface area contributed by atoms with Gasteiger partial charge in [0.15, 0.2) is 16.7 Å². The summed E-state index contributed by atoms with van der Waals surface area (Å²) < 4.78 is 12.7. The van der Waals surface area contributed by atoms with Crippen LogP contribution in [-0.2, 0) is 4.79 Å². The first-order valence-electron chi connectivity index (χ1n) is 8.99. The molecule has 2 heterocycles. The van der Waals surface area contributed by atoms with Crippen molar-refractivity contribution < 1.29 is 14.3 Å². The van der Waals surface area contributed by atoms with Gasteiger partial charge >= 0.3 is 0 Å². The van der Waals surface area contributed by atoms with E-state index in [9.17, 15) is 4.79 Å². The summed E-state index contributed by atoms with van der Waals surface area (Å²) in [4.78, 5) is 17.1. The predicted octanol–water partition coefficient (Wildman–Crippen LogP) is 4.34. The zero-order valence-corrected chi connectivity index (χ0v) is 16.7. The number of anilines is 1. The van der Waals surface area contributed by atoms with Crippen LogP contribution in [0.3, 0.4) is 0 Å². The van der Waals surface area contributed by atoms with Crippen LogP contribution >= 0.6 is 11.8 Å². The van der Waals surface area contributed by atoms with E-state index in [0.717, 1.165) is 10.8 Å².